The Kier molecular flexibility index (Phi) is 9.48. The standard InChI is InChI=1S/C34H36N6O4S2/c1-35-17-15-24(28-13-7-19-45-28)43-27-12-6-10-23-31(27)33(42)40(4)34(37-23)38(2)18-16-25(29-14-8-20-46-29)44-26-11-5-9-22-30(26)32(41)39(3)21-36-22/h5-14,19-21,24-25,35H,15-18H2,1-4H3/t24-,25+/m1/s1. The number of anilines is 1. The zero-order chi connectivity index (χ0) is 32.2. The molecule has 4 aromatic heterocycles. The Morgan fingerprint density at radius 2 is 1.43 bits per heavy atom. The zero-order valence-electron chi connectivity index (χ0n) is 26.2. The van der Waals surface area contributed by atoms with Crippen molar-refractivity contribution in [2.24, 2.45) is 14.1 Å². The molecular formula is C34H36N6O4S2. The molecule has 0 saturated carbocycles. The minimum Gasteiger partial charge on any atom is -0.484 e. The van der Waals surface area contributed by atoms with Crippen LogP contribution in [-0.4, -0.2) is 46.3 Å². The second-order valence-corrected chi connectivity index (χ2v) is 13.0. The van der Waals surface area contributed by atoms with Crippen molar-refractivity contribution in [1.29, 1.82) is 0 Å². The number of aromatic nitrogens is 4. The molecule has 0 aliphatic rings. The Bertz CT molecular complexity index is 2060. The first-order valence-electron chi connectivity index (χ1n) is 15.1. The maximum atomic E-state index is 13.9. The van der Waals surface area contributed by atoms with E-state index in [1.165, 1.54) is 10.9 Å². The van der Waals surface area contributed by atoms with Crippen LogP contribution in [0.25, 0.3) is 21.8 Å². The number of hydrogen-bond acceptors (Lipinski definition) is 10. The maximum absolute atomic E-state index is 13.9. The second-order valence-electron chi connectivity index (χ2n) is 11.1. The Labute approximate surface area is 274 Å². The highest BCUT2D eigenvalue weighted by atomic mass is 32.1. The molecule has 0 radical (unpaired) electrons. The SMILES string of the molecule is CNCC[C@@H](Oc1cccc2nc(N(C)CC[C@H](Oc3cccc4ncn(C)c(=O)c34)c3cccs3)n(C)c(=O)c12)c1cccs1. The van der Waals surface area contributed by atoms with E-state index < -0.39 is 0 Å². The van der Waals surface area contributed by atoms with Crippen LogP contribution >= 0.6 is 22.7 Å². The third-order valence-corrected chi connectivity index (χ3v) is 9.86. The molecule has 238 valence electrons. The summed E-state index contributed by atoms with van der Waals surface area (Å²) < 4.78 is 16.1. The fourth-order valence-corrected chi connectivity index (χ4v) is 7.07. The van der Waals surface area contributed by atoms with Gasteiger partial charge in [0, 0.05) is 50.3 Å². The molecule has 0 aliphatic carbocycles. The van der Waals surface area contributed by atoms with Crippen molar-refractivity contribution >= 4 is 50.4 Å². The maximum Gasteiger partial charge on any atom is 0.266 e. The van der Waals surface area contributed by atoms with Crippen LogP contribution in [0.4, 0.5) is 5.95 Å². The van der Waals surface area contributed by atoms with Gasteiger partial charge in [-0.25, -0.2) is 9.97 Å². The van der Waals surface area contributed by atoms with E-state index in [2.05, 4.69) is 16.4 Å². The van der Waals surface area contributed by atoms with Gasteiger partial charge in [-0.05, 0) is 60.8 Å². The van der Waals surface area contributed by atoms with E-state index in [-0.39, 0.29) is 23.3 Å². The Morgan fingerprint density at radius 3 is 2.04 bits per heavy atom. The van der Waals surface area contributed by atoms with E-state index >= 15 is 0 Å². The fourth-order valence-electron chi connectivity index (χ4n) is 5.49. The summed E-state index contributed by atoms with van der Waals surface area (Å²) in [6.45, 7) is 1.32. The van der Waals surface area contributed by atoms with Crippen molar-refractivity contribution in [3.8, 4) is 11.5 Å². The molecule has 0 fully saturated rings. The largest absolute Gasteiger partial charge is 0.484 e. The summed E-state index contributed by atoms with van der Waals surface area (Å²) in [7, 11) is 7.25. The molecule has 0 amide bonds. The number of rotatable bonds is 13. The number of aryl methyl sites for hydroxylation is 1. The Morgan fingerprint density at radius 1 is 0.826 bits per heavy atom. The van der Waals surface area contributed by atoms with Crippen molar-refractivity contribution in [2.75, 3.05) is 32.1 Å². The average molecular weight is 657 g/mol. The summed E-state index contributed by atoms with van der Waals surface area (Å²) in [5.74, 6) is 1.55. The van der Waals surface area contributed by atoms with Crippen molar-refractivity contribution in [3.05, 3.63) is 108 Å². The monoisotopic (exact) mass is 656 g/mol. The molecule has 6 rings (SSSR count). The van der Waals surface area contributed by atoms with E-state index in [0.717, 1.165) is 22.7 Å². The van der Waals surface area contributed by atoms with E-state index in [4.69, 9.17) is 14.5 Å². The highest BCUT2D eigenvalue weighted by molar-refractivity contribution is 7.10. The number of benzene rings is 2. The average Bonchev–Trinajstić information content (AvgIpc) is 3.80. The van der Waals surface area contributed by atoms with Gasteiger partial charge in [-0.3, -0.25) is 14.2 Å². The molecule has 10 nitrogen and oxygen atoms in total. The number of nitrogens with one attached hydrogen (secondary N) is 1. The quantitative estimate of drug-likeness (QED) is 0.170. The molecule has 1 N–H and O–H groups in total. The van der Waals surface area contributed by atoms with Crippen LogP contribution in [0.3, 0.4) is 0 Å². The molecule has 46 heavy (non-hydrogen) atoms. The van der Waals surface area contributed by atoms with E-state index in [1.807, 2.05) is 84.4 Å². The molecule has 6 aromatic rings. The van der Waals surface area contributed by atoms with Gasteiger partial charge < -0.3 is 24.3 Å². The molecule has 12 heteroatoms. The first-order valence-corrected chi connectivity index (χ1v) is 16.8. The van der Waals surface area contributed by atoms with Gasteiger partial charge >= 0.3 is 0 Å². The first-order chi connectivity index (χ1) is 22.4. The lowest BCUT2D eigenvalue weighted by Crippen LogP contribution is -2.31. The smallest absolute Gasteiger partial charge is 0.266 e. The third-order valence-electron chi connectivity index (χ3n) is 7.94. The van der Waals surface area contributed by atoms with Crippen molar-refractivity contribution in [3.63, 3.8) is 0 Å². The summed E-state index contributed by atoms with van der Waals surface area (Å²) in [6.07, 6.45) is 2.35. The normalized spacial score (nSPS) is 12.8. The molecular weight excluding hydrogens is 621 g/mol. The summed E-state index contributed by atoms with van der Waals surface area (Å²) in [4.78, 5) is 40.3. The van der Waals surface area contributed by atoms with E-state index in [9.17, 15) is 9.59 Å². The summed E-state index contributed by atoms with van der Waals surface area (Å²) in [5, 5.41) is 8.14. The lowest BCUT2D eigenvalue weighted by Gasteiger charge is -2.25. The lowest BCUT2D eigenvalue weighted by molar-refractivity contribution is 0.201. The van der Waals surface area contributed by atoms with E-state index in [1.54, 1.807) is 41.3 Å². The first kappa shape index (κ1) is 31.5. The van der Waals surface area contributed by atoms with Crippen molar-refractivity contribution in [1.82, 2.24) is 24.4 Å². The third kappa shape index (κ3) is 6.41. The number of nitrogens with zero attached hydrogens (tertiary/aromatic N) is 5. The van der Waals surface area contributed by atoms with Crippen LogP contribution < -0.4 is 30.8 Å². The topological polar surface area (TPSA) is 104 Å². The predicted molar refractivity (Wildman–Crippen MR) is 186 cm³/mol. The number of ether oxygens (including phenoxy) is 2. The fraction of sp³-hybridized carbons (Fsp3) is 0.294. The van der Waals surface area contributed by atoms with Crippen LogP contribution in [0, 0.1) is 0 Å². The van der Waals surface area contributed by atoms with Gasteiger partial charge in [0.05, 0.1) is 17.4 Å². The van der Waals surface area contributed by atoms with Gasteiger partial charge in [0.15, 0.2) is 0 Å². The molecule has 0 saturated heterocycles. The molecule has 2 atom stereocenters. The van der Waals surface area contributed by atoms with Crippen LogP contribution in [0.5, 0.6) is 11.5 Å². The Balaban J connectivity index is 1.27. The summed E-state index contributed by atoms with van der Waals surface area (Å²) in [6, 6.07) is 19.1. The van der Waals surface area contributed by atoms with Gasteiger partial charge in [-0.1, -0.05) is 24.3 Å². The highest BCUT2D eigenvalue weighted by Gasteiger charge is 2.22. The van der Waals surface area contributed by atoms with Gasteiger partial charge in [-0.2, -0.15) is 0 Å². The summed E-state index contributed by atoms with van der Waals surface area (Å²) >= 11 is 3.24. The number of hydrogen-bond donors (Lipinski definition) is 1. The van der Waals surface area contributed by atoms with Gasteiger partial charge in [0.25, 0.3) is 11.1 Å². The van der Waals surface area contributed by atoms with Gasteiger partial charge in [0.1, 0.15) is 34.5 Å². The zero-order valence-corrected chi connectivity index (χ0v) is 27.8. The molecule has 0 unspecified atom stereocenters. The molecule has 4 heterocycles. The van der Waals surface area contributed by atoms with Crippen LogP contribution in [0.2, 0.25) is 0 Å². The number of fused-ring (bicyclic) bond motifs is 2. The summed E-state index contributed by atoms with van der Waals surface area (Å²) in [5.41, 5.74) is 0.826. The second kappa shape index (κ2) is 13.9. The minimum atomic E-state index is -0.331. The van der Waals surface area contributed by atoms with Crippen LogP contribution in [0.1, 0.15) is 34.8 Å². The molecule has 0 spiro atoms. The van der Waals surface area contributed by atoms with Gasteiger partial charge in [-0.15, -0.1) is 22.7 Å². The highest BCUT2D eigenvalue weighted by Crippen LogP contribution is 2.33. The minimum absolute atomic E-state index is 0.162. The van der Waals surface area contributed by atoms with Crippen molar-refractivity contribution < 1.29 is 9.47 Å². The molecule has 2 aromatic carbocycles. The van der Waals surface area contributed by atoms with Crippen molar-refractivity contribution in [2.45, 2.75) is 25.0 Å². The van der Waals surface area contributed by atoms with E-state index in [0.29, 0.717) is 52.2 Å². The van der Waals surface area contributed by atoms with Crippen LogP contribution in [0.15, 0.2) is 87.3 Å². The lowest BCUT2D eigenvalue weighted by atomic mass is 10.1. The number of thiophene rings is 2. The molecule has 0 aliphatic heterocycles. The van der Waals surface area contributed by atoms with Crippen LogP contribution in [-0.2, 0) is 14.1 Å². The molecule has 0 bridgehead atoms. The predicted octanol–water partition coefficient (Wildman–Crippen LogP) is 5.68. The Hall–Kier alpha value is -4.52. The van der Waals surface area contributed by atoms with Gasteiger partial charge in [0.2, 0.25) is 5.95 Å².